The van der Waals surface area contributed by atoms with E-state index in [1.54, 1.807) is 19.1 Å². The second-order valence-corrected chi connectivity index (χ2v) is 7.64. The molecule has 0 aromatic heterocycles. The molecular formula is C22H17Cl3N2O5. The van der Waals surface area contributed by atoms with Crippen molar-refractivity contribution in [3.8, 4) is 11.5 Å². The van der Waals surface area contributed by atoms with Gasteiger partial charge in [-0.25, -0.2) is 9.69 Å². The van der Waals surface area contributed by atoms with Crippen LogP contribution in [0.15, 0.2) is 48.6 Å². The molecule has 0 bridgehead atoms. The molecule has 0 spiro atoms. The summed E-state index contributed by atoms with van der Waals surface area (Å²) >= 11 is 18.2. The van der Waals surface area contributed by atoms with Gasteiger partial charge in [-0.15, -0.1) is 0 Å². The standard InChI is InChI=1S/C22H17Cl3N2O5/c1-3-7-32-19-17(25)9-12(10-18(19)31-4-2)8-14-20(28)26-22(30)27(21(14)29)13-5-6-15(23)16(24)11-13/h3,5-6,8-11H,1,4,7H2,2H3,(H,26,28,30)/b14-8+. The number of halogens is 3. The Balaban J connectivity index is 2.03. The maximum Gasteiger partial charge on any atom is 0.335 e. The quantitative estimate of drug-likeness (QED) is 0.321. The normalized spacial score (nSPS) is 15.1. The molecule has 166 valence electrons. The molecule has 2 aromatic rings. The number of amides is 4. The Kier molecular flexibility index (Phi) is 7.45. The Morgan fingerprint density at radius 2 is 1.78 bits per heavy atom. The van der Waals surface area contributed by atoms with Gasteiger partial charge in [0, 0.05) is 0 Å². The zero-order valence-corrected chi connectivity index (χ0v) is 19.1. The Hall–Kier alpha value is -3.00. The van der Waals surface area contributed by atoms with Gasteiger partial charge in [0.1, 0.15) is 12.2 Å². The van der Waals surface area contributed by atoms with E-state index in [0.717, 1.165) is 4.90 Å². The van der Waals surface area contributed by atoms with Gasteiger partial charge in [-0.3, -0.25) is 14.9 Å². The lowest BCUT2D eigenvalue weighted by Gasteiger charge is -2.26. The van der Waals surface area contributed by atoms with Crippen LogP contribution in [-0.2, 0) is 9.59 Å². The lowest BCUT2D eigenvalue weighted by molar-refractivity contribution is -0.122. The molecule has 1 fully saturated rings. The third kappa shape index (κ3) is 4.91. The fourth-order valence-electron chi connectivity index (χ4n) is 2.90. The van der Waals surface area contributed by atoms with E-state index < -0.39 is 17.8 Å². The number of barbiturate groups is 1. The van der Waals surface area contributed by atoms with Crippen LogP contribution in [0.4, 0.5) is 10.5 Å². The topological polar surface area (TPSA) is 84.9 Å². The SMILES string of the molecule is C=CCOc1c(Cl)cc(/C=C2\C(=O)NC(=O)N(c3ccc(Cl)c(Cl)c3)C2=O)cc1OCC. The summed E-state index contributed by atoms with van der Waals surface area (Å²) < 4.78 is 11.1. The molecule has 1 N–H and O–H groups in total. The number of urea groups is 1. The van der Waals surface area contributed by atoms with E-state index in [1.807, 2.05) is 0 Å². The first kappa shape index (κ1) is 23.7. The van der Waals surface area contributed by atoms with Gasteiger partial charge in [0.05, 0.1) is 27.4 Å². The van der Waals surface area contributed by atoms with Crippen LogP contribution in [0.1, 0.15) is 12.5 Å². The van der Waals surface area contributed by atoms with Crippen LogP contribution in [0.5, 0.6) is 11.5 Å². The zero-order chi connectivity index (χ0) is 23.4. The van der Waals surface area contributed by atoms with Crippen LogP contribution >= 0.6 is 34.8 Å². The molecule has 1 saturated heterocycles. The number of benzene rings is 2. The third-order valence-corrected chi connectivity index (χ3v) is 5.27. The second kappa shape index (κ2) is 10.1. The van der Waals surface area contributed by atoms with Crippen molar-refractivity contribution in [1.29, 1.82) is 0 Å². The monoisotopic (exact) mass is 494 g/mol. The molecule has 10 heteroatoms. The van der Waals surface area contributed by atoms with Crippen LogP contribution in [0, 0.1) is 0 Å². The summed E-state index contributed by atoms with van der Waals surface area (Å²) in [5.41, 5.74) is 0.266. The van der Waals surface area contributed by atoms with Crippen molar-refractivity contribution >= 4 is 64.4 Å². The largest absolute Gasteiger partial charge is 0.490 e. The lowest BCUT2D eigenvalue weighted by Crippen LogP contribution is -2.54. The van der Waals surface area contributed by atoms with Crippen LogP contribution in [0.3, 0.4) is 0 Å². The van der Waals surface area contributed by atoms with Crippen molar-refractivity contribution < 1.29 is 23.9 Å². The van der Waals surface area contributed by atoms with Crippen molar-refractivity contribution in [3.05, 3.63) is 69.2 Å². The molecule has 1 aliphatic rings. The number of nitrogens with one attached hydrogen (secondary N) is 1. The highest BCUT2D eigenvalue weighted by Gasteiger charge is 2.37. The number of carbonyl (C=O) groups is 3. The minimum atomic E-state index is -0.906. The molecule has 3 rings (SSSR count). The Labute approximate surface area is 199 Å². The van der Waals surface area contributed by atoms with Gasteiger partial charge in [0.2, 0.25) is 0 Å². The highest BCUT2D eigenvalue weighted by atomic mass is 35.5. The average molecular weight is 496 g/mol. The number of hydrogen-bond donors (Lipinski definition) is 1. The van der Waals surface area contributed by atoms with E-state index in [-0.39, 0.29) is 32.9 Å². The van der Waals surface area contributed by atoms with Gasteiger partial charge in [-0.05, 0) is 48.9 Å². The molecule has 0 unspecified atom stereocenters. The molecule has 1 aliphatic heterocycles. The first-order chi connectivity index (χ1) is 15.3. The summed E-state index contributed by atoms with van der Waals surface area (Å²) in [6.07, 6.45) is 2.86. The van der Waals surface area contributed by atoms with Gasteiger partial charge in [0.25, 0.3) is 11.8 Å². The summed E-state index contributed by atoms with van der Waals surface area (Å²) in [6, 6.07) is 6.41. The highest BCUT2D eigenvalue weighted by Crippen LogP contribution is 2.38. The fourth-order valence-corrected chi connectivity index (χ4v) is 3.47. The number of anilines is 1. The maximum atomic E-state index is 13.1. The van der Waals surface area contributed by atoms with Crippen molar-refractivity contribution in [2.24, 2.45) is 0 Å². The smallest absolute Gasteiger partial charge is 0.335 e. The van der Waals surface area contributed by atoms with Gasteiger partial charge in [-0.1, -0.05) is 47.5 Å². The first-order valence-electron chi connectivity index (χ1n) is 9.33. The van der Waals surface area contributed by atoms with Crippen LogP contribution < -0.4 is 19.7 Å². The van der Waals surface area contributed by atoms with E-state index in [1.165, 1.54) is 30.3 Å². The van der Waals surface area contributed by atoms with Crippen molar-refractivity contribution in [2.75, 3.05) is 18.1 Å². The van der Waals surface area contributed by atoms with Gasteiger partial charge < -0.3 is 9.47 Å². The van der Waals surface area contributed by atoms with Gasteiger partial charge in [0.15, 0.2) is 11.5 Å². The van der Waals surface area contributed by atoms with Gasteiger partial charge in [-0.2, -0.15) is 0 Å². The molecule has 7 nitrogen and oxygen atoms in total. The molecule has 0 atom stereocenters. The Morgan fingerprint density at radius 1 is 1.03 bits per heavy atom. The van der Waals surface area contributed by atoms with Crippen LogP contribution in [0.25, 0.3) is 6.08 Å². The summed E-state index contributed by atoms with van der Waals surface area (Å²) in [5, 5.41) is 2.76. The molecule has 0 radical (unpaired) electrons. The summed E-state index contributed by atoms with van der Waals surface area (Å²) in [7, 11) is 0. The van der Waals surface area contributed by atoms with Gasteiger partial charge >= 0.3 is 6.03 Å². The predicted octanol–water partition coefficient (Wildman–Crippen LogP) is 5.28. The minimum absolute atomic E-state index is 0.149. The first-order valence-corrected chi connectivity index (χ1v) is 10.5. The molecule has 0 saturated carbocycles. The minimum Gasteiger partial charge on any atom is -0.490 e. The molecule has 4 amide bonds. The summed E-state index contributed by atoms with van der Waals surface area (Å²) in [5.74, 6) is -1.05. The molecule has 1 heterocycles. The molecule has 0 aliphatic carbocycles. The Bertz CT molecular complexity index is 1150. The number of imide groups is 2. The van der Waals surface area contributed by atoms with E-state index >= 15 is 0 Å². The number of nitrogens with zero attached hydrogens (tertiary/aromatic N) is 1. The van der Waals surface area contributed by atoms with E-state index in [0.29, 0.717) is 23.7 Å². The van der Waals surface area contributed by atoms with E-state index in [9.17, 15) is 14.4 Å². The van der Waals surface area contributed by atoms with Crippen molar-refractivity contribution in [2.45, 2.75) is 6.92 Å². The number of ether oxygens (including phenoxy) is 2. The number of carbonyl (C=O) groups excluding carboxylic acids is 3. The van der Waals surface area contributed by atoms with Crippen molar-refractivity contribution in [3.63, 3.8) is 0 Å². The van der Waals surface area contributed by atoms with Crippen LogP contribution in [-0.4, -0.2) is 31.1 Å². The zero-order valence-electron chi connectivity index (χ0n) is 16.8. The average Bonchev–Trinajstić information content (AvgIpc) is 2.73. The Morgan fingerprint density at radius 3 is 2.44 bits per heavy atom. The second-order valence-electron chi connectivity index (χ2n) is 6.42. The molecule has 2 aromatic carbocycles. The molecule has 32 heavy (non-hydrogen) atoms. The maximum absolute atomic E-state index is 13.1. The number of rotatable bonds is 7. The molecular weight excluding hydrogens is 479 g/mol. The fraction of sp³-hybridized carbons (Fsp3) is 0.136. The summed E-state index contributed by atoms with van der Waals surface area (Å²) in [4.78, 5) is 38.6. The summed E-state index contributed by atoms with van der Waals surface area (Å²) in [6.45, 7) is 5.92. The highest BCUT2D eigenvalue weighted by molar-refractivity contribution is 6.43. The van der Waals surface area contributed by atoms with Crippen LogP contribution in [0.2, 0.25) is 15.1 Å². The number of hydrogen-bond acceptors (Lipinski definition) is 5. The van der Waals surface area contributed by atoms with E-state index in [4.69, 9.17) is 44.3 Å². The van der Waals surface area contributed by atoms with Crippen molar-refractivity contribution in [1.82, 2.24) is 5.32 Å². The predicted molar refractivity (Wildman–Crippen MR) is 124 cm³/mol. The third-order valence-electron chi connectivity index (χ3n) is 4.25. The van der Waals surface area contributed by atoms with E-state index in [2.05, 4.69) is 11.9 Å². The lowest BCUT2D eigenvalue weighted by atomic mass is 10.1.